The van der Waals surface area contributed by atoms with Gasteiger partial charge in [0, 0.05) is 9.72 Å². The maximum absolute atomic E-state index is 13.0. The second-order valence-electron chi connectivity index (χ2n) is 5.87. The van der Waals surface area contributed by atoms with E-state index in [-0.39, 0.29) is 27.8 Å². The van der Waals surface area contributed by atoms with Gasteiger partial charge in [-0.05, 0) is 55.1 Å². The average Bonchev–Trinajstić information content (AvgIpc) is 2.98. The summed E-state index contributed by atoms with van der Waals surface area (Å²) >= 11 is 7.18. The second-order valence-corrected chi connectivity index (χ2v) is 9.23. The number of halogens is 1. The van der Waals surface area contributed by atoms with Crippen molar-refractivity contribution in [1.29, 1.82) is 0 Å². The molecule has 0 saturated heterocycles. The first-order chi connectivity index (χ1) is 13.3. The van der Waals surface area contributed by atoms with Crippen LogP contribution in [-0.2, 0) is 14.8 Å². The van der Waals surface area contributed by atoms with E-state index in [1.807, 2.05) is 0 Å². The first-order valence-corrected chi connectivity index (χ1v) is 11.0. The molecule has 0 atom stereocenters. The Balaban J connectivity index is 2.05. The number of benzene rings is 2. The number of anilines is 1. The molecular weight excluding hydrogens is 422 g/mol. The van der Waals surface area contributed by atoms with Crippen molar-refractivity contribution in [3.8, 4) is 5.75 Å². The maximum Gasteiger partial charge on any atom is 0.341 e. The van der Waals surface area contributed by atoms with E-state index in [0.717, 1.165) is 21.4 Å². The number of methoxy groups -OCH3 is 1. The van der Waals surface area contributed by atoms with Crippen molar-refractivity contribution in [2.75, 3.05) is 18.4 Å². The molecule has 0 aliphatic rings. The number of hydrogen-bond acceptors (Lipinski definition) is 6. The number of sulfonamides is 1. The van der Waals surface area contributed by atoms with E-state index in [2.05, 4.69) is 4.72 Å². The van der Waals surface area contributed by atoms with E-state index in [9.17, 15) is 13.2 Å². The molecule has 0 unspecified atom stereocenters. The fourth-order valence-corrected chi connectivity index (χ4v) is 5.81. The van der Waals surface area contributed by atoms with E-state index >= 15 is 0 Å². The molecule has 3 aromatic rings. The van der Waals surface area contributed by atoms with E-state index in [1.54, 1.807) is 38.1 Å². The fraction of sp³-hybridized carbons (Fsp3) is 0.211. The van der Waals surface area contributed by atoms with Crippen molar-refractivity contribution in [2.24, 2.45) is 0 Å². The molecule has 0 radical (unpaired) electrons. The van der Waals surface area contributed by atoms with Gasteiger partial charge in [-0.1, -0.05) is 17.7 Å². The van der Waals surface area contributed by atoms with Crippen LogP contribution in [0.25, 0.3) is 10.1 Å². The molecule has 1 N–H and O–H groups in total. The summed E-state index contributed by atoms with van der Waals surface area (Å²) in [7, 11) is -2.55. The SMILES string of the molecule is CCOC(=O)c1cccc(NS(=O)(=O)c2sc3ccc(Cl)cc3c2C)c1OC. The third-order valence-electron chi connectivity index (χ3n) is 4.06. The Morgan fingerprint density at radius 2 is 2.00 bits per heavy atom. The predicted octanol–water partition coefficient (Wildman–Crippen LogP) is 4.85. The van der Waals surface area contributed by atoms with E-state index in [1.165, 1.54) is 19.2 Å². The molecule has 0 fully saturated rings. The number of hydrogen-bond donors (Lipinski definition) is 1. The lowest BCUT2D eigenvalue weighted by atomic mass is 10.2. The van der Waals surface area contributed by atoms with Crippen molar-refractivity contribution >= 4 is 54.7 Å². The zero-order chi connectivity index (χ0) is 20.5. The topological polar surface area (TPSA) is 81.7 Å². The smallest absolute Gasteiger partial charge is 0.341 e. The highest BCUT2D eigenvalue weighted by molar-refractivity contribution is 7.95. The van der Waals surface area contributed by atoms with Crippen LogP contribution >= 0.6 is 22.9 Å². The summed E-state index contributed by atoms with van der Waals surface area (Å²) < 4.78 is 39.9. The number of rotatable bonds is 6. The van der Waals surface area contributed by atoms with Gasteiger partial charge in [0.2, 0.25) is 0 Å². The number of aryl methyl sites for hydroxylation is 1. The highest BCUT2D eigenvalue weighted by atomic mass is 35.5. The number of para-hydroxylation sites is 1. The van der Waals surface area contributed by atoms with Crippen molar-refractivity contribution < 1.29 is 22.7 Å². The molecule has 9 heteroatoms. The molecule has 28 heavy (non-hydrogen) atoms. The normalized spacial score (nSPS) is 11.4. The Morgan fingerprint density at radius 1 is 1.25 bits per heavy atom. The number of carbonyl (C=O) groups is 1. The van der Waals surface area contributed by atoms with Gasteiger partial charge < -0.3 is 9.47 Å². The molecule has 0 aliphatic heterocycles. The molecule has 148 valence electrons. The van der Waals surface area contributed by atoms with Gasteiger partial charge in [-0.25, -0.2) is 13.2 Å². The summed E-state index contributed by atoms with van der Waals surface area (Å²) in [4.78, 5) is 12.1. The molecule has 0 spiro atoms. The second kappa shape index (κ2) is 7.98. The zero-order valence-electron chi connectivity index (χ0n) is 15.4. The quantitative estimate of drug-likeness (QED) is 0.555. The van der Waals surface area contributed by atoms with Gasteiger partial charge in [0.15, 0.2) is 5.75 Å². The summed E-state index contributed by atoms with van der Waals surface area (Å²) in [6.45, 7) is 3.62. The lowest BCUT2D eigenvalue weighted by molar-refractivity contribution is 0.0523. The molecule has 0 saturated carbocycles. The Labute approximate surface area is 172 Å². The van der Waals surface area contributed by atoms with Crippen molar-refractivity contribution in [1.82, 2.24) is 0 Å². The molecule has 0 bridgehead atoms. The summed E-state index contributed by atoms with van der Waals surface area (Å²) in [5.41, 5.74) is 0.905. The van der Waals surface area contributed by atoms with Crippen LogP contribution < -0.4 is 9.46 Å². The lowest BCUT2D eigenvalue weighted by Crippen LogP contribution is -2.15. The van der Waals surface area contributed by atoms with Gasteiger partial charge in [0.1, 0.15) is 9.77 Å². The van der Waals surface area contributed by atoms with Crippen LogP contribution in [0.5, 0.6) is 5.75 Å². The van der Waals surface area contributed by atoms with E-state index in [4.69, 9.17) is 21.1 Å². The number of carbonyl (C=O) groups excluding carboxylic acids is 1. The Bertz CT molecular complexity index is 1150. The third kappa shape index (κ3) is 3.80. The van der Waals surface area contributed by atoms with Crippen LogP contribution in [-0.4, -0.2) is 28.1 Å². The molecule has 1 aromatic heterocycles. The van der Waals surface area contributed by atoms with Crippen LogP contribution in [0.1, 0.15) is 22.8 Å². The number of esters is 1. The van der Waals surface area contributed by atoms with Gasteiger partial charge in [-0.15, -0.1) is 11.3 Å². The minimum atomic E-state index is -3.91. The minimum absolute atomic E-state index is 0.103. The Kier molecular flexibility index (Phi) is 5.83. The molecule has 6 nitrogen and oxygen atoms in total. The monoisotopic (exact) mass is 439 g/mol. The number of thiophene rings is 1. The number of ether oxygens (including phenoxy) is 2. The minimum Gasteiger partial charge on any atom is -0.494 e. The van der Waals surface area contributed by atoms with Crippen molar-refractivity contribution in [2.45, 2.75) is 18.1 Å². The molecule has 3 rings (SSSR count). The Hall–Kier alpha value is -2.29. The standard InChI is InChI=1S/C19H18ClNO5S2/c1-4-26-18(22)13-6-5-7-15(17(13)25-3)21-28(23,24)19-11(2)14-10-12(20)8-9-16(14)27-19/h5-10,21H,4H2,1-3H3. The number of nitrogens with one attached hydrogen (secondary N) is 1. The predicted molar refractivity (Wildman–Crippen MR) is 111 cm³/mol. The van der Waals surface area contributed by atoms with Gasteiger partial charge in [-0.3, -0.25) is 4.72 Å². The summed E-state index contributed by atoms with van der Waals surface area (Å²) in [6, 6.07) is 9.85. The first-order valence-electron chi connectivity index (χ1n) is 8.34. The average molecular weight is 440 g/mol. The molecule has 1 heterocycles. The van der Waals surface area contributed by atoms with Crippen LogP contribution in [0, 0.1) is 6.92 Å². The van der Waals surface area contributed by atoms with Gasteiger partial charge in [-0.2, -0.15) is 0 Å². The summed E-state index contributed by atoms with van der Waals surface area (Å²) in [5, 5.41) is 1.32. The van der Waals surface area contributed by atoms with Crippen molar-refractivity contribution in [3.63, 3.8) is 0 Å². The molecule has 0 amide bonds. The van der Waals surface area contributed by atoms with Crippen LogP contribution in [0.2, 0.25) is 5.02 Å². The van der Waals surface area contributed by atoms with E-state index < -0.39 is 16.0 Å². The van der Waals surface area contributed by atoms with Gasteiger partial charge in [0.25, 0.3) is 10.0 Å². The fourth-order valence-electron chi connectivity index (χ4n) is 2.83. The summed E-state index contributed by atoms with van der Waals surface area (Å²) in [5.74, 6) is -0.487. The number of fused-ring (bicyclic) bond motifs is 1. The molecular formula is C19H18ClNO5S2. The maximum atomic E-state index is 13.0. The van der Waals surface area contributed by atoms with Crippen molar-refractivity contribution in [3.05, 3.63) is 52.5 Å². The first kappa shape index (κ1) is 20.4. The Morgan fingerprint density at radius 3 is 2.68 bits per heavy atom. The zero-order valence-corrected chi connectivity index (χ0v) is 17.8. The lowest BCUT2D eigenvalue weighted by Gasteiger charge is -2.14. The third-order valence-corrected chi connectivity index (χ3v) is 7.55. The summed E-state index contributed by atoms with van der Waals surface area (Å²) in [6.07, 6.45) is 0. The molecule has 0 aliphatic carbocycles. The molecule has 2 aromatic carbocycles. The van der Waals surface area contributed by atoms with E-state index in [0.29, 0.717) is 10.6 Å². The largest absolute Gasteiger partial charge is 0.494 e. The highest BCUT2D eigenvalue weighted by Gasteiger charge is 2.25. The van der Waals surface area contributed by atoms with Crippen LogP contribution in [0.4, 0.5) is 5.69 Å². The van der Waals surface area contributed by atoms with Gasteiger partial charge >= 0.3 is 5.97 Å². The van der Waals surface area contributed by atoms with Gasteiger partial charge in [0.05, 0.1) is 19.4 Å². The van der Waals surface area contributed by atoms with Crippen LogP contribution in [0.15, 0.2) is 40.6 Å². The highest BCUT2D eigenvalue weighted by Crippen LogP contribution is 2.38. The van der Waals surface area contributed by atoms with Crippen LogP contribution in [0.3, 0.4) is 0 Å².